The van der Waals surface area contributed by atoms with Crippen LogP contribution >= 0.6 is 0 Å². The summed E-state index contributed by atoms with van der Waals surface area (Å²) in [5.41, 5.74) is 0.654. The molecule has 2 fully saturated rings. The molecule has 2 aliphatic carbocycles. The van der Waals surface area contributed by atoms with E-state index in [1.807, 2.05) is 0 Å². The van der Waals surface area contributed by atoms with E-state index in [9.17, 15) is 5.11 Å². The molecule has 0 aliphatic heterocycles. The largest absolute Gasteiger partial charge is 0.368 e. The first-order valence-electron chi connectivity index (χ1n) is 5.71. The van der Waals surface area contributed by atoms with Gasteiger partial charge in [0.2, 0.25) is 0 Å². The first-order chi connectivity index (χ1) is 6.38. The molecule has 4 unspecified atom stereocenters. The molecule has 4 atom stereocenters. The third kappa shape index (κ3) is 1.17. The standard InChI is InChI=1S/C12H22O2/c1-8(13)14-10-7-9-5-6-12(10,4)11(9,2)3/h8-10,13H,5-7H2,1-4H3. The van der Waals surface area contributed by atoms with Crippen LogP contribution in [0.25, 0.3) is 0 Å². The van der Waals surface area contributed by atoms with Crippen LogP contribution < -0.4 is 0 Å². The van der Waals surface area contributed by atoms with Crippen LogP contribution in [0.5, 0.6) is 0 Å². The molecule has 2 bridgehead atoms. The lowest BCUT2D eigenvalue weighted by molar-refractivity contribution is -0.162. The molecule has 2 aliphatic rings. The van der Waals surface area contributed by atoms with Crippen LogP contribution in [0.2, 0.25) is 0 Å². The van der Waals surface area contributed by atoms with E-state index < -0.39 is 6.29 Å². The Hall–Kier alpha value is -0.0800. The maximum absolute atomic E-state index is 9.30. The van der Waals surface area contributed by atoms with E-state index in [4.69, 9.17) is 4.74 Å². The van der Waals surface area contributed by atoms with Crippen LogP contribution in [-0.2, 0) is 4.74 Å². The molecule has 0 aromatic rings. The number of fused-ring (bicyclic) bond motifs is 2. The van der Waals surface area contributed by atoms with Crippen molar-refractivity contribution >= 4 is 0 Å². The number of ether oxygens (including phenoxy) is 1. The summed E-state index contributed by atoms with van der Waals surface area (Å²) >= 11 is 0. The zero-order valence-electron chi connectivity index (χ0n) is 9.71. The van der Waals surface area contributed by atoms with E-state index in [0.717, 1.165) is 12.3 Å². The molecule has 0 aromatic heterocycles. The SMILES string of the molecule is CC(O)OC1CC2CCC1(C)C2(C)C. The molecule has 2 saturated carbocycles. The van der Waals surface area contributed by atoms with Crippen molar-refractivity contribution in [3.8, 4) is 0 Å². The van der Waals surface area contributed by atoms with Gasteiger partial charge in [-0.05, 0) is 42.9 Å². The second-order valence-electron chi connectivity index (χ2n) is 5.83. The average molecular weight is 198 g/mol. The number of aliphatic hydroxyl groups is 1. The van der Waals surface area contributed by atoms with Crippen molar-refractivity contribution in [2.75, 3.05) is 0 Å². The summed E-state index contributed by atoms with van der Waals surface area (Å²) in [4.78, 5) is 0. The molecule has 0 amide bonds. The van der Waals surface area contributed by atoms with Gasteiger partial charge >= 0.3 is 0 Å². The zero-order chi connectivity index (χ0) is 10.6. The average Bonchev–Trinajstić information content (AvgIpc) is 2.35. The van der Waals surface area contributed by atoms with E-state index in [-0.39, 0.29) is 11.5 Å². The molecule has 0 aromatic carbocycles. The molecule has 0 saturated heterocycles. The minimum Gasteiger partial charge on any atom is -0.368 e. The molecule has 1 N–H and O–H groups in total. The summed E-state index contributed by atoms with van der Waals surface area (Å²) in [5, 5.41) is 9.30. The second-order valence-corrected chi connectivity index (χ2v) is 5.83. The number of hydrogen-bond donors (Lipinski definition) is 1. The monoisotopic (exact) mass is 198 g/mol. The van der Waals surface area contributed by atoms with Crippen molar-refractivity contribution in [1.29, 1.82) is 0 Å². The van der Waals surface area contributed by atoms with Gasteiger partial charge in [-0.1, -0.05) is 20.8 Å². The Labute approximate surface area is 86.6 Å². The van der Waals surface area contributed by atoms with Gasteiger partial charge in [-0.25, -0.2) is 0 Å². The van der Waals surface area contributed by atoms with E-state index in [0.29, 0.717) is 5.41 Å². The Kier molecular flexibility index (Phi) is 2.20. The smallest absolute Gasteiger partial charge is 0.152 e. The lowest BCUT2D eigenvalue weighted by atomic mass is 9.70. The Balaban J connectivity index is 2.19. The lowest BCUT2D eigenvalue weighted by Gasteiger charge is -2.39. The fourth-order valence-electron chi connectivity index (χ4n) is 3.57. The fraction of sp³-hybridized carbons (Fsp3) is 1.00. The third-order valence-electron chi connectivity index (χ3n) is 5.08. The Morgan fingerprint density at radius 1 is 1.36 bits per heavy atom. The molecular formula is C12H22O2. The van der Waals surface area contributed by atoms with Gasteiger partial charge in [-0.2, -0.15) is 0 Å². The predicted molar refractivity (Wildman–Crippen MR) is 55.8 cm³/mol. The highest BCUT2D eigenvalue weighted by atomic mass is 16.6. The molecule has 2 nitrogen and oxygen atoms in total. The van der Waals surface area contributed by atoms with E-state index in [1.54, 1.807) is 6.92 Å². The van der Waals surface area contributed by atoms with Crippen molar-refractivity contribution in [1.82, 2.24) is 0 Å². The first kappa shape index (κ1) is 10.4. The van der Waals surface area contributed by atoms with E-state index in [1.165, 1.54) is 12.8 Å². The number of hydrogen-bond acceptors (Lipinski definition) is 2. The van der Waals surface area contributed by atoms with Crippen LogP contribution in [0.3, 0.4) is 0 Å². The summed E-state index contributed by atoms with van der Waals surface area (Å²) in [6.45, 7) is 8.75. The highest BCUT2D eigenvalue weighted by molar-refractivity contribution is 5.11. The lowest BCUT2D eigenvalue weighted by Crippen LogP contribution is -2.38. The van der Waals surface area contributed by atoms with Crippen molar-refractivity contribution in [3.63, 3.8) is 0 Å². The molecule has 2 rings (SSSR count). The summed E-state index contributed by atoms with van der Waals surface area (Å²) in [5.74, 6) is 0.788. The molecule has 0 spiro atoms. The van der Waals surface area contributed by atoms with Crippen LogP contribution in [0.1, 0.15) is 47.0 Å². The van der Waals surface area contributed by atoms with Gasteiger partial charge in [0.25, 0.3) is 0 Å². The van der Waals surface area contributed by atoms with E-state index in [2.05, 4.69) is 20.8 Å². The topological polar surface area (TPSA) is 29.5 Å². The zero-order valence-corrected chi connectivity index (χ0v) is 9.71. The van der Waals surface area contributed by atoms with Gasteiger partial charge < -0.3 is 9.84 Å². The minimum absolute atomic E-state index is 0.260. The molecule has 82 valence electrons. The highest BCUT2D eigenvalue weighted by Gasteiger charge is 2.62. The van der Waals surface area contributed by atoms with E-state index >= 15 is 0 Å². The third-order valence-corrected chi connectivity index (χ3v) is 5.08. The molecule has 0 heterocycles. The number of aliphatic hydroxyl groups excluding tert-OH is 1. The molecule has 0 radical (unpaired) electrons. The summed E-state index contributed by atoms with van der Waals surface area (Å²) in [6, 6.07) is 0. The Bertz CT molecular complexity index is 234. The van der Waals surface area contributed by atoms with Crippen molar-refractivity contribution in [3.05, 3.63) is 0 Å². The van der Waals surface area contributed by atoms with Crippen LogP contribution in [0, 0.1) is 16.7 Å². The van der Waals surface area contributed by atoms with Crippen LogP contribution in [0.4, 0.5) is 0 Å². The van der Waals surface area contributed by atoms with Gasteiger partial charge in [0.1, 0.15) is 0 Å². The normalized spacial score (nSPS) is 46.9. The van der Waals surface area contributed by atoms with Crippen molar-refractivity contribution < 1.29 is 9.84 Å². The first-order valence-corrected chi connectivity index (χ1v) is 5.71. The Morgan fingerprint density at radius 3 is 2.36 bits per heavy atom. The van der Waals surface area contributed by atoms with Crippen molar-refractivity contribution in [2.24, 2.45) is 16.7 Å². The van der Waals surface area contributed by atoms with Crippen LogP contribution in [-0.4, -0.2) is 17.5 Å². The van der Waals surface area contributed by atoms with Crippen molar-refractivity contribution in [2.45, 2.75) is 59.4 Å². The quantitative estimate of drug-likeness (QED) is 0.691. The van der Waals surface area contributed by atoms with Gasteiger partial charge in [0.15, 0.2) is 6.29 Å². The molecular weight excluding hydrogens is 176 g/mol. The summed E-state index contributed by atoms with van der Waals surface area (Å²) < 4.78 is 5.64. The maximum Gasteiger partial charge on any atom is 0.152 e. The van der Waals surface area contributed by atoms with Gasteiger partial charge in [0, 0.05) is 0 Å². The fourth-order valence-corrected chi connectivity index (χ4v) is 3.57. The van der Waals surface area contributed by atoms with Gasteiger partial charge in [-0.3, -0.25) is 0 Å². The predicted octanol–water partition coefficient (Wildman–Crippen LogP) is 2.56. The molecule has 14 heavy (non-hydrogen) atoms. The second kappa shape index (κ2) is 2.96. The van der Waals surface area contributed by atoms with Gasteiger partial charge in [0.05, 0.1) is 6.10 Å². The Morgan fingerprint density at radius 2 is 2.00 bits per heavy atom. The summed E-state index contributed by atoms with van der Waals surface area (Å²) in [6.07, 6.45) is 3.36. The van der Waals surface area contributed by atoms with Gasteiger partial charge in [-0.15, -0.1) is 0 Å². The maximum atomic E-state index is 9.30. The number of rotatable bonds is 2. The molecule has 2 heteroatoms. The summed E-state index contributed by atoms with van der Waals surface area (Å²) in [7, 11) is 0. The highest BCUT2D eigenvalue weighted by Crippen LogP contribution is 2.66. The minimum atomic E-state index is -0.619. The van der Waals surface area contributed by atoms with Crippen LogP contribution in [0.15, 0.2) is 0 Å².